The zero-order valence-corrected chi connectivity index (χ0v) is 9.68. The van der Waals surface area contributed by atoms with Gasteiger partial charge in [0.05, 0.1) is 22.5 Å². The van der Waals surface area contributed by atoms with Crippen LogP contribution in [0.25, 0.3) is 5.69 Å². The number of aromatic nitrogens is 2. The Labute approximate surface area is 105 Å². The summed E-state index contributed by atoms with van der Waals surface area (Å²) in [5.74, 6) is 0. The van der Waals surface area contributed by atoms with Gasteiger partial charge in [0.1, 0.15) is 5.15 Å². The van der Waals surface area contributed by atoms with Crippen LogP contribution in [0.15, 0.2) is 30.5 Å². The van der Waals surface area contributed by atoms with Gasteiger partial charge in [-0.1, -0.05) is 23.2 Å². The van der Waals surface area contributed by atoms with E-state index in [1.807, 2.05) is 0 Å². The molecule has 0 fully saturated rings. The average molecular weight is 281 g/mol. The molecule has 0 N–H and O–H groups in total. The number of benzene rings is 1. The van der Waals surface area contributed by atoms with E-state index < -0.39 is 11.7 Å². The molecule has 1 aromatic carbocycles. The zero-order chi connectivity index (χ0) is 12.6. The van der Waals surface area contributed by atoms with Crippen LogP contribution in [-0.2, 0) is 6.18 Å². The van der Waals surface area contributed by atoms with Crippen LogP contribution in [-0.4, -0.2) is 9.78 Å². The summed E-state index contributed by atoms with van der Waals surface area (Å²) in [6.07, 6.45) is -2.99. The molecular weight excluding hydrogens is 276 g/mol. The van der Waals surface area contributed by atoms with E-state index in [2.05, 4.69) is 5.10 Å². The highest BCUT2D eigenvalue weighted by atomic mass is 35.5. The predicted molar refractivity (Wildman–Crippen MR) is 58.6 cm³/mol. The Morgan fingerprint density at radius 1 is 1.12 bits per heavy atom. The molecule has 0 atom stereocenters. The van der Waals surface area contributed by atoms with E-state index in [-0.39, 0.29) is 10.2 Å². The lowest BCUT2D eigenvalue weighted by Gasteiger charge is -2.10. The molecule has 90 valence electrons. The highest BCUT2D eigenvalue weighted by Crippen LogP contribution is 2.33. The maximum absolute atomic E-state index is 12.4. The van der Waals surface area contributed by atoms with Crippen molar-refractivity contribution >= 4 is 23.2 Å². The fraction of sp³-hybridized carbons (Fsp3) is 0.100. The van der Waals surface area contributed by atoms with E-state index in [9.17, 15) is 13.2 Å². The minimum Gasteiger partial charge on any atom is -0.221 e. The van der Waals surface area contributed by atoms with Crippen molar-refractivity contribution in [2.75, 3.05) is 0 Å². The maximum Gasteiger partial charge on any atom is 0.416 e. The first-order valence-corrected chi connectivity index (χ1v) is 5.22. The minimum absolute atomic E-state index is 0.0644. The molecule has 7 heteroatoms. The van der Waals surface area contributed by atoms with Crippen LogP contribution >= 0.6 is 23.2 Å². The number of hydrogen-bond acceptors (Lipinski definition) is 1. The third-order valence-electron chi connectivity index (χ3n) is 2.10. The molecule has 0 aliphatic carbocycles. The Kier molecular flexibility index (Phi) is 3.05. The van der Waals surface area contributed by atoms with Crippen molar-refractivity contribution in [1.82, 2.24) is 9.78 Å². The molecule has 2 rings (SSSR count). The molecule has 0 unspecified atom stereocenters. The van der Waals surface area contributed by atoms with Gasteiger partial charge in [0.2, 0.25) is 0 Å². The predicted octanol–water partition coefficient (Wildman–Crippen LogP) is 4.20. The lowest BCUT2D eigenvalue weighted by atomic mass is 10.2. The molecule has 0 saturated heterocycles. The summed E-state index contributed by atoms with van der Waals surface area (Å²) in [5.41, 5.74) is -0.510. The van der Waals surface area contributed by atoms with Crippen molar-refractivity contribution in [3.63, 3.8) is 0 Å². The van der Waals surface area contributed by atoms with Gasteiger partial charge in [-0.05, 0) is 24.3 Å². The Morgan fingerprint density at radius 3 is 2.29 bits per heavy atom. The first-order chi connectivity index (χ1) is 7.89. The van der Waals surface area contributed by atoms with Gasteiger partial charge in [-0.25, -0.2) is 4.68 Å². The molecule has 0 aliphatic rings. The normalized spacial score (nSPS) is 11.8. The monoisotopic (exact) mass is 280 g/mol. The number of rotatable bonds is 1. The lowest BCUT2D eigenvalue weighted by molar-refractivity contribution is -0.137. The molecule has 2 nitrogen and oxygen atoms in total. The van der Waals surface area contributed by atoms with Crippen molar-refractivity contribution in [3.05, 3.63) is 46.2 Å². The summed E-state index contributed by atoms with van der Waals surface area (Å²) in [4.78, 5) is 0. The largest absolute Gasteiger partial charge is 0.416 e. The third kappa shape index (κ3) is 2.40. The first kappa shape index (κ1) is 12.3. The summed E-state index contributed by atoms with van der Waals surface area (Å²) >= 11 is 11.6. The van der Waals surface area contributed by atoms with Crippen molar-refractivity contribution in [2.45, 2.75) is 6.18 Å². The molecule has 0 aliphatic heterocycles. The Hall–Kier alpha value is -1.20. The number of nitrogens with zero attached hydrogens (tertiary/aromatic N) is 2. The Bertz CT molecular complexity index is 549. The van der Waals surface area contributed by atoms with E-state index in [1.165, 1.54) is 23.0 Å². The molecule has 0 radical (unpaired) electrons. The highest BCUT2D eigenvalue weighted by molar-refractivity contribution is 6.33. The van der Waals surface area contributed by atoms with E-state index in [0.29, 0.717) is 5.69 Å². The topological polar surface area (TPSA) is 17.8 Å². The van der Waals surface area contributed by atoms with Crippen LogP contribution in [0.2, 0.25) is 10.2 Å². The summed E-state index contributed by atoms with van der Waals surface area (Å²) in [6.45, 7) is 0. The Morgan fingerprint density at radius 2 is 1.82 bits per heavy atom. The van der Waals surface area contributed by atoms with Crippen LogP contribution in [0.1, 0.15) is 5.56 Å². The number of halogens is 5. The quantitative estimate of drug-likeness (QED) is 0.766. The van der Waals surface area contributed by atoms with E-state index in [4.69, 9.17) is 23.2 Å². The number of hydrogen-bond donors (Lipinski definition) is 0. The van der Waals surface area contributed by atoms with Gasteiger partial charge in [-0.2, -0.15) is 18.3 Å². The van der Waals surface area contributed by atoms with Crippen LogP contribution in [0.5, 0.6) is 0 Å². The van der Waals surface area contributed by atoms with E-state index >= 15 is 0 Å². The van der Waals surface area contributed by atoms with Gasteiger partial charge < -0.3 is 0 Å². The summed E-state index contributed by atoms with van der Waals surface area (Å²) in [6, 6.07) is 4.51. The zero-order valence-electron chi connectivity index (χ0n) is 8.17. The van der Waals surface area contributed by atoms with Crippen molar-refractivity contribution in [1.29, 1.82) is 0 Å². The Balaban J connectivity index is 2.50. The second-order valence-electron chi connectivity index (χ2n) is 3.23. The molecular formula is C10H5Cl2F3N2. The molecule has 0 amide bonds. The molecule has 1 aromatic heterocycles. The van der Waals surface area contributed by atoms with Gasteiger partial charge in [-0.15, -0.1) is 0 Å². The number of alkyl halides is 3. The molecule has 1 heterocycles. The smallest absolute Gasteiger partial charge is 0.221 e. The third-order valence-corrected chi connectivity index (χ3v) is 2.69. The molecule has 17 heavy (non-hydrogen) atoms. The summed E-state index contributed by atoms with van der Waals surface area (Å²) < 4.78 is 38.5. The van der Waals surface area contributed by atoms with Crippen LogP contribution in [0.4, 0.5) is 13.2 Å². The standard InChI is InChI=1S/C10H5Cl2F3N2/c11-7-5-6(10(13,14)15)1-2-8(7)17-9(12)3-4-16-17/h1-5H. The first-order valence-electron chi connectivity index (χ1n) is 4.46. The van der Waals surface area contributed by atoms with E-state index in [0.717, 1.165) is 12.1 Å². The van der Waals surface area contributed by atoms with Crippen LogP contribution < -0.4 is 0 Å². The van der Waals surface area contributed by atoms with Gasteiger partial charge in [0.25, 0.3) is 0 Å². The van der Waals surface area contributed by atoms with Gasteiger partial charge in [0.15, 0.2) is 0 Å². The lowest BCUT2D eigenvalue weighted by Crippen LogP contribution is -2.06. The molecule has 0 bridgehead atoms. The van der Waals surface area contributed by atoms with Gasteiger partial charge in [-0.3, -0.25) is 0 Å². The van der Waals surface area contributed by atoms with E-state index in [1.54, 1.807) is 0 Å². The SMILES string of the molecule is FC(F)(F)c1ccc(-n2nccc2Cl)c(Cl)c1. The van der Waals surface area contributed by atoms with Crippen molar-refractivity contribution < 1.29 is 13.2 Å². The summed E-state index contributed by atoms with van der Waals surface area (Å²) in [7, 11) is 0. The second kappa shape index (κ2) is 4.23. The van der Waals surface area contributed by atoms with Gasteiger partial charge >= 0.3 is 6.18 Å². The second-order valence-corrected chi connectivity index (χ2v) is 4.02. The molecule has 2 aromatic rings. The maximum atomic E-state index is 12.4. The van der Waals surface area contributed by atoms with Crippen LogP contribution in [0, 0.1) is 0 Å². The van der Waals surface area contributed by atoms with Crippen LogP contribution in [0.3, 0.4) is 0 Å². The highest BCUT2D eigenvalue weighted by Gasteiger charge is 2.31. The molecule has 0 saturated carbocycles. The van der Waals surface area contributed by atoms with Crippen molar-refractivity contribution in [2.24, 2.45) is 0 Å². The fourth-order valence-corrected chi connectivity index (χ4v) is 1.77. The fourth-order valence-electron chi connectivity index (χ4n) is 1.32. The summed E-state index contributed by atoms with van der Waals surface area (Å²) in [5, 5.41) is 4.06. The van der Waals surface area contributed by atoms with Gasteiger partial charge in [0, 0.05) is 0 Å². The molecule has 0 spiro atoms. The average Bonchev–Trinajstić information content (AvgIpc) is 2.63. The van der Waals surface area contributed by atoms with Crippen molar-refractivity contribution in [3.8, 4) is 5.69 Å². The minimum atomic E-state index is -4.42.